The molecule has 0 bridgehead atoms. The van der Waals surface area contributed by atoms with Gasteiger partial charge in [0.05, 0.1) is 13.2 Å². The lowest BCUT2D eigenvalue weighted by Gasteiger charge is -2.08. The summed E-state index contributed by atoms with van der Waals surface area (Å²) in [6, 6.07) is 0.449. The molecule has 90 valence electrons. The molecule has 0 spiro atoms. The molecule has 15 heavy (non-hydrogen) atoms. The number of rotatable bonds is 9. The van der Waals surface area contributed by atoms with Crippen LogP contribution < -0.4 is 5.32 Å². The largest absolute Gasteiger partial charge is 0.464 e. The quantitative estimate of drug-likeness (QED) is 0.468. The van der Waals surface area contributed by atoms with E-state index in [2.05, 4.69) is 26.1 Å². The zero-order chi connectivity index (χ0) is 11.5. The summed E-state index contributed by atoms with van der Waals surface area (Å²) in [6.45, 7) is 8.06. The maximum atomic E-state index is 11.0. The molecule has 0 rings (SSSR count). The van der Waals surface area contributed by atoms with E-state index in [4.69, 9.17) is 9.47 Å². The van der Waals surface area contributed by atoms with Crippen LogP contribution in [-0.2, 0) is 14.3 Å². The lowest BCUT2D eigenvalue weighted by Crippen LogP contribution is -2.27. The maximum Gasteiger partial charge on any atom is 0.332 e. The first-order valence-electron chi connectivity index (χ1n) is 5.63. The van der Waals surface area contributed by atoms with Gasteiger partial charge in [-0.15, -0.1) is 0 Å². The van der Waals surface area contributed by atoms with E-state index in [0.717, 1.165) is 19.4 Å². The zero-order valence-corrected chi connectivity index (χ0v) is 10.0. The highest BCUT2D eigenvalue weighted by molar-refractivity contribution is 5.70. The third-order valence-corrected chi connectivity index (χ3v) is 1.78. The molecule has 0 aromatic heterocycles. The lowest BCUT2D eigenvalue weighted by atomic mass is 10.4. The molecule has 0 unspecified atom stereocenters. The van der Waals surface area contributed by atoms with E-state index in [9.17, 15) is 4.79 Å². The van der Waals surface area contributed by atoms with Crippen LogP contribution in [0, 0.1) is 0 Å². The molecule has 0 amide bonds. The molecular weight excluding hydrogens is 194 g/mol. The van der Waals surface area contributed by atoms with E-state index in [0.29, 0.717) is 19.3 Å². The molecule has 0 atom stereocenters. The third-order valence-electron chi connectivity index (χ3n) is 1.78. The summed E-state index contributed by atoms with van der Waals surface area (Å²) in [5, 5.41) is 3.19. The van der Waals surface area contributed by atoms with Crippen molar-refractivity contribution in [2.45, 2.75) is 39.7 Å². The van der Waals surface area contributed by atoms with E-state index in [1.807, 2.05) is 0 Å². The maximum absolute atomic E-state index is 11.0. The van der Waals surface area contributed by atoms with Crippen LogP contribution in [0.15, 0.2) is 0 Å². The molecule has 0 aliphatic rings. The Balaban J connectivity index is 3.17. The van der Waals surface area contributed by atoms with Gasteiger partial charge >= 0.3 is 5.97 Å². The number of carbonyl (C=O) groups excluding carboxylic acids is 1. The van der Waals surface area contributed by atoms with Crippen molar-refractivity contribution in [1.82, 2.24) is 5.32 Å². The number of hydrogen-bond donors (Lipinski definition) is 1. The molecule has 0 aliphatic heterocycles. The first-order chi connectivity index (χ1) is 7.16. The van der Waals surface area contributed by atoms with E-state index in [1.165, 1.54) is 0 Å². The standard InChI is InChI=1S/C11H23NO3/c1-4-5-7-15-11(13)9-14-8-6-12-10(2)3/h10,12H,4-9H2,1-3H3. The van der Waals surface area contributed by atoms with Crippen molar-refractivity contribution >= 4 is 5.97 Å². The van der Waals surface area contributed by atoms with Gasteiger partial charge in [-0.25, -0.2) is 4.79 Å². The zero-order valence-electron chi connectivity index (χ0n) is 10.0. The molecule has 0 aliphatic carbocycles. The number of unbranched alkanes of at least 4 members (excludes halogenated alkanes) is 1. The predicted octanol–water partition coefficient (Wildman–Crippen LogP) is 1.34. The van der Waals surface area contributed by atoms with Crippen molar-refractivity contribution in [3.8, 4) is 0 Å². The van der Waals surface area contributed by atoms with Crippen molar-refractivity contribution < 1.29 is 14.3 Å². The van der Waals surface area contributed by atoms with Crippen LogP contribution in [0.3, 0.4) is 0 Å². The molecule has 0 aromatic rings. The van der Waals surface area contributed by atoms with Gasteiger partial charge in [-0.1, -0.05) is 27.2 Å². The van der Waals surface area contributed by atoms with Gasteiger partial charge in [-0.05, 0) is 6.42 Å². The van der Waals surface area contributed by atoms with Gasteiger partial charge in [-0.3, -0.25) is 0 Å². The molecule has 0 saturated carbocycles. The smallest absolute Gasteiger partial charge is 0.332 e. The van der Waals surface area contributed by atoms with Crippen LogP contribution in [0.2, 0.25) is 0 Å². The number of nitrogens with one attached hydrogen (secondary N) is 1. The summed E-state index contributed by atoms with van der Waals surface area (Å²) in [6.07, 6.45) is 1.95. The number of hydrogen-bond acceptors (Lipinski definition) is 4. The Bertz CT molecular complexity index is 160. The summed E-state index contributed by atoms with van der Waals surface area (Å²) in [5.74, 6) is -0.270. The number of esters is 1. The van der Waals surface area contributed by atoms with E-state index >= 15 is 0 Å². The molecule has 0 saturated heterocycles. The second kappa shape index (κ2) is 9.93. The molecule has 4 heteroatoms. The SMILES string of the molecule is CCCCOC(=O)COCCNC(C)C. The van der Waals surface area contributed by atoms with Gasteiger partial charge < -0.3 is 14.8 Å². The Kier molecular flexibility index (Phi) is 9.52. The molecule has 0 radical (unpaired) electrons. The highest BCUT2D eigenvalue weighted by atomic mass is 16.6. The molecule has 1 N–H and O–H groups in total. The van der Waals surface area contributed by atoms with Crippen LogP contribution in [0.5, 0.6) is 0 Å². The Morgan fingerprint density at radius 3 is 2.67 bits per heavy atom. The van der Waals surface area contributed by atoms with Crippen LogP contribution in [0.4, 0.5) is 0 Å². The second-order valence-electron chi connectivity index (χ2n) is 3.74. The molecule has 4 nitrogen and oxygen atoms in total. The Labute approximate surface area is 92.3 Å². The van der Waals surface area contributed by atoms with Gasteiger partial charge in [0.2, 0.25) is 0 Å². The van der Waals surface area contributed by atoms with Crippen molar-refractivity contribution in [1.29, 1.82) is 0 Å². The first kappa shape index (κ1) is 14.4. The second-order valence-corrected chi connectivity index (χ2v) is 3.74. The highest BCUT2D eigenvalue weighted by Gasteiger charge is 2.01. The predicted molar refractivity (Wildman–Crippen MR) is 59.8 cm³/mol. The first-order valence-corrected chi connectivity index (χ1v) is 5.63. The summed E-state index contributed by atoms with van der Waals surface area (Å²) >= 11 is 0. The minimum Gasteiger partial charge on any atom is -0.464 e. The van der Waals surface area contributed by atoms with Gasteiger partial charge in [-0.2, -0.15) is 0 Å². The average molecular weight is 217 g/mol. The monoisotopic (exact) mass is 217 g/mol. The fourth-order valence-electron chi connectivity index (χ4n) is 0.947. The Hall–Kier alpha value is -0.610. The van der Waals surface area contributed by atoms with Crippen molar-refractivity contribution in [3.63, 3.8) is 0 Å². The minimum atomic E-state index is -0.270. The van der Waals surface area contributed by atoms with Crippen molar-refractivity contribution in [3.05, 3.63) is 0 Å². The molecular formula is C11H23NO3. The summed E-state index contributed by atoms with van der Waals surface area (Å²) < 4.78 is 10.1. The van der Waals surface area contributed by atoms with E-state index in [1.54, 1.807) is 0 Å². The van der Waals surface area contributed by atoms with Gasteiger partial charge in [0.25, 0.3) is 0 Å². The van der Waals surface area contributed by atoms with Crippen LogP contribution in [0.25, 0.3) is 0 Å². The molecule has 0 fully saturated rings. The van der Waals surface area contributed by atoms with Gasteiger partial charge in [0.1, 0.15) is 6.61 Å². The fourth-order valence-corrected chi connectivity index (χ4v) is 0.947. The van der Waals surface area contributed by atoms with E-state index < -0.39 is 0 Å². The topological polar surface area (TPSA) is 47.6 Å². The van der Waals surface area contributed by atoms with Crippen LogP contribution in [-0.4, -0.2) is 38.4 Å². The van der Waals surface area contributed by atoms with Crippen molar-refractivity contribution in [2.24, 2.45) is 0 Å². The Morgan fingerprint density at radius 2 is 2.07 bits per heavy atom. The molecule has 0 aromatic carbocycles. The van der Waals surface area contributed by atoms with Crippen LogP contribution in [0.1, 0.15) is 33.6 Å². The molecule has 0 heterocycles. The summed E-state index contributed by atoms with van der Waals surface area (Å²) in [4.78, 5) is 11.0. The highest BCUT2D eigenvalue weighted by Crippen LogP contribution is 1.89. The minimum absolute atomic E-state index is 0.0590. The van der Waals surface area contributed by atoms with Gasteiger partial charge in [0, 0.05) is 12.6 Å². The van der Waals surface area contributed by atoms with Crippen LogP contribution >= 0.6 is 0 Å². The summed E-state index contributed by atoms with van der Waals surface area (Å²) in [5.41, 5.74) is 0. The average Bonchev–Trinajstić information content (AvgIpc) is 2.17. The van der Waals surface area contributed by atoms with E-state index in [-0.39, 0.29) is 12.6 Å². The summed E-state index contributed by atoms with van der Waals surface area (Å²) in [7, 11) is 0. The third kappa shape index (κ3) is 11.3. The van der Waals surface area contributed by atoms with Crippen molar-refractivity contribution in [2.75, 3.05) is 26.4 Å². The normalized spacial score (nSPS) is 10.7. The fraction of sp³-hybridized carbons (Fsp3) is 0.909. The lowest BCUT2D eigenvalue weighted by molar-refractivity contribution is -0.149. The van der Waals surface area contributed by atoms with Gasteiger partial charge in [0.15, 0.2) is 0 Å². The number of ether oxygens (including phenoxy) is 2. The Morgan fingerprint density at radius 1 is 1.33 bits per heavy atom. The number of carbonyl (C=O) groups is 1.